The van der Waals surface area contributed by atoms with Crippen LogP contribution in [0.5, 0.6) is 5.88 Å². The molecular weight excluding hydrogens is 338 g/mol. The Hall–Kier alpha value is -2.38. The molecule has 2 aromatic rings. The van der Waals surface area contributed by atoms with Crippen LogP contribution in [-0.2, 0) is 6.18 Å². The monoisotopic (exact) mass is 357 g/mol. The van der Waals surface area contributed by atoms with Crippen LogP contribution in [0.25, 0.3) is 0 Å². The highest BCUT2D eigenvalue weighted by atomic mass is 19.4. The molecule has 0 amide bonds. The summed E-state index contributed by atoms with van der Waals surface area (Å²) in [6, 6.07) is 5.55. The fourth-order valence-electron chi connectivity index (χ4n) is 2.17. The second-order valence-electron chi connectivity index (χ2n) is 5.31. The van der Waals surface area contributed by atoms with Gasteiger partial charge in [0, 0.05) is 18.4 Å². The van der Waals surface area contributed by atoms with E-state index in [9.17, 15) is 17.6 Å². The van der Waals surface area contributed by atoms with Gasteiger partial charge in [-0.2, -0.15) is 18.2 Å². The lowest BCUT2D eigenvalue weighted by molar-refractivity contribution is -0.139. The molecule has 136 valence electrons. The Bertz CT molecular complexity index is 689. The minimum atomic E-state index is -4.60. The molecule has 0 saturated carbocycles. The number of hydrogen-bond donors (Lipinski definition) is 0. The third-order valence-electron chi connectivity index (χ3n) is 3.48. The number of halogens is 4. The predicted molar refractivity (Wildman–Crippen MR) is 86.5 cm³/mol. The Labute approximate surface area is 143 Å². The number of hydrogen-bond acceptors (Lipinski definition) is 4. The summed E-state index contributed by atoms with van der Waals surface area (Å²) in [7, 11) is 0. The van der Waals surface area contributed by atoms with Crippen molar-refractivity contribution in [2.75, 3.05) is 18.1 Å². The van der Waals surface area contributed by atoms with Gasteiger partial charge in [-0.25, -0.2) is 9.37 Å². The van der Waals surface area contributed by atoms with Crippen molar-refractivity contribution in [1.82, 2.24) is 9.97 Å². The summed E-state index contributed by atoms with van der Waals surface area (Å²) in [5, 5.41) is 0. The zero-order valence-electron chi connectivity index (χ0n) is 14.0. The summed E-state index contributed by atoms with van der Waals surface area (Å²) in [6.45, 7) is 4.24. The summed E-state index contributed by atoms with van der Waals surface area (Å²) in [5.41, 5.74) is -0.439. The average molecular weight is 357 g/mol. The first-order chi connectivity index (χ1) is 11.9. The van der Waals surface area contributed by atoms with Gasteiger partial charge in [-0.15, -0.1) is 0 Å². The molecule has 0 unspecified atom stereocenters. The smallest absolute Gasteiger partial charge is 0.423 e. The lowest BCUT2D eigenvalue weighted by Gasteiger charge is -2.22. The van der Waals surface area contributed by atoms with E-state index in [1.54, 1.807) is 11.8 Å². The van der Waals surface area contributed by atoms with Crippen LogP contribution in [-0.4, -0.2) is 23.1 Å². The lowest BCUT2D eigenvalue weighted by Crippen LogP contribution is -2.21. The normalized spacial score (nSPS) is 11.4. The number of nitrogens with zero attached hydrogens (tertiary/aromatic N) is 3. The van der Waals surface area contributed by atoms with Crippen LogP contribution >= 0.6 is 0 Å². The molecule has 0 aliphatic heterocycles. The summed E-state index contributed by atoms with van der Waals surface area (Å²) >= 11 is 0. The minimum Gasteiger partial charge on any atom is -0.477 e. The zero-order valence-corrected chi connectivity index (χ0v) is 14.0. The number of anilines is 2. The zero-order chi connectivity index (χ0) is 18.4. The highest BCUT2D eigenvalue weighted by molar-refractivity contribution is 5.57. The van der Waals surface area contributed by atoms with E-state index in [4.69, 9.17) is 4.74 Å². The number of benzene rings is 1. The van der Waals surface area contributed by atoms with E-state index in [0.717, 1.165) is 12.6 Å². The van der Waals surface area contributed by atoms with E-state index >= 15 is 0 Å². The van der Waals surface area contributed by atoms with Crippen molar-refractivity contribution < 1.29 is 22.3 Å². The molecule has 0 saturated heterocycles. The van der Waals surface area contributed by atoms with Crippen molar-refractivity contribution in [1.29, 1.82) is 0 Å². The van der Waals surface area contributed by atoms with Gasteiger partial charge in [0.15, 0.2) is 0 Å². The minimum absolute atomic E-state index is 0.0635. The molecule has 2 rings (SSSR count). The molecule has 0 fully saturated rings. The standard InChI is InChI=1S/C17H19F4N3O/c1-3-5-10-25-15-14(17(19,20)21)11-22-16(23-15)24(4-2)13-8-6-12(18)7-9-13/h6-9,11H,3-5,10H2,1-2H3. The Morgan fingerprint density at radius 1 is 1.12 bits per heavy atom. The van der Waals surface area contributed by atoms with Crippen LogP contribution in [0.2, 0.25) is 0 Å². The third kappa shape index (κ3) is 4.80. The van der Waals surface area contributed by atoms with Gasteiger partial charge in [-0.05, 0) is 37.6 Å². The lowest BCUT2D eigenvalue weighted by atomic mass is 10.3. The molecule has 0 atom stereocenters. The topological polar surface area (TPSA) is 38.2 Å². The Morgan fingerprint density at radius 3 is 2.36 bits per heavy atom. The summed E-state index contributed by atoms with van der Waals surface area (Å²) < 4.78 is 57.7. The van der Waals surface area contributed by atoms with E-state index in [1.165, 1.54) is 24.3 Å². The third-order valence-corrected chi connectivity index (χ3v) is 3.48. The summed E-state index contributed by atoms with van der Waals surface area (Å²) in [6.07, 6.45) is -2.48. The van der Waals surface area contributed by atoms with Crippen LogP contribution in [0.3, 0.4) is 0 Å². The first-order valence-electron chi connectivity index (χ1n) is 7.97. The molecule has 4 nitrogen and oxygen atoms in total. The number of ether oxygens (including phenoxy) is 1. The van der Waals surface area contributed by atoms with Crippen LogP contribution in [0.1, 0.15) is 32.3 Å². The number of aromatic nitrogens is 2. The van der Waals surface area contributed by atoms with Crippen LogP contribution in [0.4, 0.5) is 29.2 Å². The maximum absolute atomic E-state index is 13.1. The Balaban J connectivity index is 2.39. The first-order valence-corrected chi connectivity index (χ1v) is 7.97. The van der Waals surface area contributed by atoms with Crippen LogP contribution in [0.15, 0.2) is 30.5 Å². The summed E-state index contributed by atoms with van der Waals surface area (Å²) in [5.74, 6) is -0.836. The summed E-state index contributed by atoms with van der Waals surface area (Å²) in [4.78, 5) is 9.36. The molecule has 0 spiro atoms. The molecule has 0 aliphatic rings. The highest BCUT2D eigenvalue weighted by Gasteiger charge is 2.36. The molecule has 1 aromatic carbocycles. The van der Waals surface area contributed by atoms with Gasteiger partial charge in [-0.3, -0.25) is 0 Å². The van der Waals surface area contributed by atoms with Gasteiger partial charge < -0.3 is 9.64 Å². The molecule has 1 heterocycles. The predicted octanol–water partition coefficient (Wildman–Crippen LogP) is 4.97. The van der Waals surface area contributed by atoms with E-state index in [-0.39, 0.29) is 12.6 Å². The van der Waals surface area contributed by atoms with Gasteiger partial charge in [0.25, 0.3) is 0 Å². The quantitative estimate of drug-likeness (QED) is 0.518. The molecule has 0 aliphatic carbocycles. The van der Waals surface area contributed by atoms with Crippen molar-refractivity contribution in [3.8, 4) is 5.88 Å². The van der Waals surface area contributed by atoms with Crippen molar-refractivity contribution in [3.05, 3.63) is 41.8 Å². The fraction of sp³-hybridized carbons (Fsp3) is 0.412. The van der Waals surface area contributed by atoms with Gasteiger partial charge in [0.2, 0.25) is 11.8 Å². The van der Waals surface area contributed by atoms with Crippen molar-refractivity contribution in [2.24, 2.45) is 0 Å². The first kappa shape index (κ1) is 19.0. The molecule has 1 aromatic heterocycles. The SMILES string of the molecule is CCCCOc1nc(N(CC)c2ccc(F)cc2)ncc1C(F)(F)F. The fourth-order valence-corrected chi connectivity index (χ4v) is 2.17. The molecule has 0 radical (unpaired) electrons. The number of alkyl halides is 3. The Morgan fingerprint density at radius 2 is 1.80 bits per heavy atom. The second-order valence-corrected chi connectivity index (χ2v) is 5.31. The van der Waals surface area contributed by atoms with E-state index in [0.29, 0.717) is 18.7 Å². The van der Waals surface area contributed by atoms with E-state index < -0.39 is 23.4 Å². The molecule has 25 heavy (non-hydrogen) atoms. The molecule has 0 bridgehead atoms. The Kier molecular flexibility index (Phi) is 6.17. The van der Waals surface area contributed by atoms with E-state index in [1.807, 2.05) is 6.92 Å². The van der Waals surface area contributed by atoms with Gasteiger partial charge >= 0.3 is 6.18 Å². The van der Waals surface area contributed by atoms with Crippen LogP contribution < -0.4 is 9.64 Å². The average Bonchev–Trinajstić information content (AvgIpc) is 2.57. The van der Waals surface area contributed by atoms with Gasteiger partial charge in [0.05, 0.1) is 6.61 Å². The molecule has 0 N–H and O–H groups in total. The van der Waals surface area contributed by atoms with Crippen molar-refractivity contribution in [2.45, 2.75) is 32.9 Å². The largest absolute Gasteiger partial charge is 0.477 e. The highest BCUT2D eigenvalue weighted by Crippen LogP contribution is 2.36. The number of unbranched alkanes of at least 4 members (excludes halogenated alkanes) is 1. The maximum atomic E-state index is 13.1. The molecular formula is C17H19F4N3O. The number of rotatable bonds is 7. The van der Waals surface area contributed by atoms with Gasteiger partial charge in [-0.1, -0.05) is 13.3 Å². The van der Waals surface area contributed by atoms with Crippen molar-refractivity contribution in [3.63, 3.8) is 0 Å². The van der Waals surface area contributed by atoms with Crippen LogP contribution in [0, 0.1) is 5.82 Å². The van der Waals surface area contributed by atoms with E-state index in [2.05, 4.69) is 9.97 Å². The maximum Gasteiger partial charge on any atom is 0.423 e. The second kappa shape index (κ2) is 8.13. The molecule has 8 heteroatoms. The van der Waals surface area contributed by atoms with Crippen molar-refractivity contribution >= 4 is 11.6 Å². The van der Waals surface area contributed by atoms with Gasteiger partial charge in [0.1, 0.15) is 11.4 Å².